The third kappa shape index (κ3) is 0.458. The van der Waals surface area contributed by atoms with E-state index in [1.165, 1.54) is 6.42 Å². The monoisotopic (exact) mass is 218 g/mol. The highest BCUT2D eigenvalue weighted by atomic mass is 16.7. The van der Waals surface area contributed by atoms with Crippen molar-refractivity contribution < 1.29 is 14.3 Å². The van der Waals surface area contributed by atoms with Crippen LogP contribution in [0.5, 0.6) is 0 Å². The standard InChI is InChI=1S/C13H14O3/c14-12-8-4-3-5-7-6(4)9(12)11(7)13(10(5)8)15-1-2-16-13/h4-11H,1-3H2/t4-,5+,6-,7+,8+,9-,10-,11+/m1/s1. The van der Waals surface area contributed by atoms with Crippen molar-refractivity contribution in [2.75, 3.05) is 13.2 Å². The van der Waals surface area contributed by atoms with Gasteiger partial charge in [0.15, 0.2) is 5.79 Å². The van der Waals surface area contributed by atoms with E-state index in [-0.39, 0.29) is 5.79 Å². The first kappa shape index (κ1) is 7.83. The van der Waals surface area contributed by atoms with Crippen LogP contribution >= 0.6 is 0 Å². The minimum absolute atomic E-state index is 0.291. The van der Waals surface area contributed by atoms with E-state index in [1.54, 1.807) is 0 Å². The maximum absolute atomic E-state index is 12.3. The van der Waals surface area contributed by atoms with Gasteiger partial charge in [0, 0.05) is 23.7 Å². The summed E-state index contributed by atoms with van der Waals surface area (Å²) in [6.07, 6.45) is 1.30. The lowest BCUT2D eigenvalue weighted by Gasteiger charge is -2.49. The normalized spacial score (nSPS) is 69.9. The summed E-state index contributed by atoms with van der Waals surface area (Å²) in [5.41, 5.74) is 0. The number of hydrogen-bond acceptors (Lipinski definition) is 3. The van der Waals surface area contributed by atoms with Crippen molar-refractivity contribution in [3.05, 3.63) is 0 Å². The Labute approximate surface area is 93.5 Å². The first-order chi connectivity index (χ1) is 7.84. The highest BCUT2D eigenvalue weighted by molar-refractivity contribution is 5.91. The van der Waals surface area contributed by atoms with E-state index < -0.39 is 0 Å². The molecule has 0 aromatic carbocycles. The molecule has 0 N–H and O–H groups in total. The Balaban J connectivity index is 1.66. The Kier molecular flexibility index (Phi) is 0.933. The molecule has 0 radical (unpaired) electrons. The number of Topliss-reactive ketones (excluding diaryl/α,β-unsaturated/α-hetero) is 1. The second-order valence-corrected chi connectivity index (χ2v) is 6.64. The summed E-state index contributed by atoms with van der Waals surface area (Å²) in [6.45, 7) is 1.49. The van der Waals surface area contributed by atoms with E-state index in [4.69, 9.17) is 9.47 Å². The largest absolute Gasteiger partial charge is 0.347 e. The van der Waals surface area contributed by atoms with Crippen molar-refractivity contribution >= 4 is 5.78 Å². The molecule has 1 saturated heterocycles. The molecular formula is C13H14O3. The first-order valence-electron chi connectivity index (χ1n) is 6.66. The van der Waals surface area contributed by atoms with Gasteiger partial charge >= 0.3 is 0 Å². The van der Waals surface area contributed by atoms with Gasteiger partial charge in [-0.1, -0.05) is 0 Å². The molecule has 0 aromatic heterocycles. The molecule has 0 unspecified atom stereocenters. The molecule has 6 rings (SSSR count). The molecule has 3 heteroatoms. The highest BCUT2D eigenvalue weighted by Gasteiger charge is 2.89. The molecule has 84 valence electrons. The highest BCUT2D eigenvalue weighted by Crippen LogP contribution is 2.85. The smallest absolute Gasteiger partial charge is 0.176 e. The van der Waals surface area contributed by atoms with Gasteiger partial charge in [0.25, 0.3) is 0 Å². The van der Waals surface area contributed by atoms with E-state index >= 15 is 0 Å². The van der Waals surface area contributed by atoms with Crippen LogP contribution in [-0.2, 0) is 14.3 Å². The molecule has 16 heavy (non-hydrogen) atoms. The Morgan fingerprint density at radius 3 is 2.62 bits per heavy atom. The zero-order chi connectivity index (χ0) is 10.2. The summed E-state index contributed by atoms with van der Waals surface area (Å²) in [5, 5.41) is 0. The number of ether oxygens (including phenoxy) is 2. The quantitative estimate of drug-likeness (QED) is 0.600. The predicted molar refractivity (Wildman–Crippen MR) is 52.2 cm³/mol. The molecule has 0 amide bonds. The maximum Gasteiger partial charge on any atom is 0.176 e. The molecule has 5 saturated carbocycles. The number of carbonyl (C=O) groups excluding carboxylic acids is 1. The summed E-state index contributed by atoms with van der Waals surface area (Å²) >= 11 is 0. The minimum atomic E-state index is -0.291. The molecule has 1 heterocycles. The van der Waals surface area contributed by atoms with Crippen LogP contribution in [0, 0.1) is 47.3 Å². The van der Waals surface area contributed by atoms with Gasteiger partial charge in [0.2, 0.25) is 0 Å². The molecule has 2 bridgehead atoms. The van der Waals surface area contributed by atoms with E-state index in [2.05, 4.69) is 0 Å². The molecule has 6 fully saturated rings. The maximum atomic E-state index is 12.3. The van der Waals surface area contributed by atoms with Crippen molar-refractivity contribution in [1.82, 2.24) is 0 Å². The summed E-state index contributed by atoms with van der Waals surface area (Å²) in [5.74, 6) is 4.88. The summed E-state index contributed by atoms with van der Waals surface area (Å²) < 4.78 is 12.1. The van der Waals surface area contributed by atoms with Crippen LogP contribution in [0.15, 0.2) is 0 Å². The Bertz CT molecular complexity index is 438. The lowest BCUT2D eigenvalue weighted by Crippen LogP contribution is -2.58. The van der Waals surface area contributed by atoms with Gasteiger partial charge < -0.3 is 9.47 Å². The number of carbonyl (C=O) groups is 1. The number of hydrogen-bond donors (Lipinski definition) is 0. The third-order valence-electron chi connectivity index (χ3n) is 6.83. The second-order valence-electron chi connectivity index (χ2n) is 6.64. The number of ketones is 1. The molecular weight excluding hydrogens is 204 g/mol. The second kappa shape index (κ2) is 1.91. The van der Waals surface area contributed by atoms with Gasteiger partial charge in [-0.05, 0) is 30.1 Å². The Morgan fingerprint density at radius 2 is 1.81 bits per heavy atom. The van der Waals surface area contributed by atoms with Crippen molar-refractivity contribution in [2.24, 2.45) is 47.3 Å². The van der Waals surface area contributed by atoms with Gasteiger partial charge in [0.05, 0.1) is 13.2 Å². The van der Waals surface area contributed by atoms with E-state index in [0.29, 0.717) is 29.5 Å². The molecule has 3 nitrogen and oxygen atoms in total. The van der Waals surface area contributed by atoms with Crippen LogP contribution in [0.3, 0.4) is 0 Å². The van der Waals surface area contributed by atoms with Gasteiger partial charge in [-0.2, -0.15) is 0 Å². The predicted octanol–water partition coefficient (Wildman–Crippen LogP) is 0.686. The van der Waals surface area contributed by atoms with Gasteiger partial charge in [-0.15, -0.1) is 0 Å². The summed E-state index contributed by atoms with van der Waals surface area (Å²) in [7, 11) is 0. The zero-order valence-corrected chi connectivity index (χ0v) is 8.96. The summed E-state index contributed by atoms with van der Waals surface area (Å²) in [4.78, 5) is 12.3. The van der Waals surface area contributed by atoms with Crippen molar-refractivity contribution in [3.8, 4) is 0 Å². The fraction of sp³-hybridized carbons (Fsp3) is 0.923. The van der Waals surface area contributed by atoms with E-state index in [9.17, 15) is 4.79 Å². The lowest BCUT2D eigenvalue weighted by atomic mass is 9.58. The third-order valence-corrected chi connectivity index (χ3v) is 6.83. The van der Waals surface area contributed by atoms with Gasteiger partial charge in [-0.25, -0.2) is 0 Å². The topological polar surface area (TPSA) is 35.5 Å². The van der Waals surface area contributed by atoms with Crippen LogP contribution in [0.25, 0.3) is 0 Å². The van der Waals surface area contributed by atoms with Crippen LogP contribution in [0.2, 0.25) is 0 Å². The lowest BCUT2D eigenvalue weighted by molar-refractivity contribution is -0.252. The molecule has 5 aliphatic carbocycles. The minimum Gasteiger partial charge on any atom is -0.347 e. The van der Waals surface area contributed by atoms with Crippen LogP contribution in [0.1, 0.15) is 6.42 Å². The van der Waals surface area contributed by atoms with Gasteiger partial charge in [0.1, 0.15) is 5.78 Å². The SMILES string of the molecule is O=C1[C@@H]2[C@@H]3[C@H]4C[C@H]5[C@@H]3[C@@H]2C2(OCCO2)[C@H]5[C@@H]14. The zero-order valence-electron chi connectivity index (χ0n) is 8.96. The Hall–Kier alpha value is -0.410. The first-order valence-corrected chi connectivity index (χ1v) is 6.66. The molecule has 6 aliphatic rings. The molecule has 0 aromatic rings. The van der Waals surface area contributed by atoms with Crippen LogP contribution in [-0.4, -0.2) is 24.8 Å². The van der Waals surface area contributed by atoms with Gasteiger partial charge in [-0.3, -0.25) is 4.79 Å². The number of rotatable bonds is 0. The van der Waals surface area contributed by atoms with Crippen molar-refractivity contribution in [1.29, 1.82) is 0 Å². The van der Waals surface area contributed by atoms with Crippen LogP contribution in [0.4, 0.5) is 0 Å². The average molecular weight is 218 g/mol. The van der Waals surface area contributed by atoms with E-state index in [0.717, 1.165) is 36.9 Å². The average Bonchev–Trinajstić information content (AvgIpc) is 2.87. The molecule has 8 atom stereocenters. The van der Waals surface area contributed by atoms with Crippen LogP contribution < -0.4 is 0 Å². The Morgan fingerprint density at radius 1 is 1.00 bits per heavy atom. The molecule has 1 aliphatic heterocycles. The fourth-order valence-corrected chi connectivity index (χ4v) is 6.94. The van der Waals surface area contributed by atoms with Crippen molar-refractivity contribution in [3.63, 3.8) is 0 Å². The molecule has 1 spiro atoms. The number of fused-ring (bicyclic) bond motifs is 4. The summed E-state index contributed by atoms with van der Waals surface area (Å²) in [6, 6.07) is 0. The van der Waals surface area contributed by atoms with E-state index in [1.807, 2.05) is 0 Å². The fourth-order valence-electron chi connectivity index (χ4n) is 6.94. The van der Waals surface area contributed by atoms with Crippen molar-refractivity contribution in [2.45, 2.75) is 12.2 Å².